The summed E-state index contributed by atoms with van der Waals surface area (Å²) in [6.07, 6.45) is 1.36. The number of carbonyl (C=O) groups excluding carboxylic acids is 2. The summed E-state index contributed by atoms with van der Waals surface area (Å²) in [4.78, 5) is 25.7. The zero-order valence-corrected chi connectivity index (χ0v) is 12.4. The molecule has 1 N–H and O–H groups in total. The standard InChI is InChI=1S/C15H17N3O4/c1-3-18(10-14(19)16-13-8-9-22-17-13)15(20)11-4-6-12(21-2)7-5-11/h4-9H,3,10H2,1-2H3,(H,16,17,19). The first-order valence-electron chi connectivity index (χ1n) is 6.77. The van der Waals surface area contributed by atoms with Crippen molar-refractivity contribution in [1.82, 2.24) is 10.1 Å². The van der Waals surface area contributed by atoms with Crippen LogP contribution in [0.15, 0.2) is 41.1 Å². The summed E-state index contributed by atoms with van der Waals surface area (Å²) in [6, 6.07) is 8.27. The molecular formula is C15H17N3O4. The van der Waals surface area contributed by atoms with E-state index >= 15 is 0 Å². The fourth-order valence-corrected chi connectivity index (χ4v) is 1.88. The first-order chi connectivity index (χ1) is 10.6. The Morgan fingerprint density at radius 1 is 1.27 bits per heavy atom. The highest BCUT2D eigenvalue weighted by Gasteiger charge is 2.17. The van der Waals surface area contributed by atoms with E-state index in [-0.39, 0.29) is 18.4 Å². The van der Waals surface area contributed by atoms with Crippen molar-refractivity contribution in [3.05, 3.63) is 42.2 Å². The number of nitrogens with zero attached hydrogens (tertiary/aromatic N) is 2. The Morgan fingerprint density at radius 2 is 2.00 bits per heavy atom. The first-order valence-corrected chi connectivity index (χ1v) is 6.77. The molecule has 22 heavy (non-hydrogen) atoms. The third kappa shape index (κ3) is 3.85. The lowest BCUT2D eigenvalue weighted by atomic mass is 10.2. The predicted octanol–water partition coefficient (Wildman–Crippen LogP) is 1.78. The van der Waals surface area contributed by atoms with E-state index in [1.807, 2.05) is 6.92 Å². The molecule has 116 valence electrons. The maximum atomic E-state index is 12.4. The van der Waals surface area contributed by atoms with Gasteiger partial charge in [-0.15, -0.1) is 0 Å². The molecule has 0 bridgehead atoms. The molecule has 2 aromatic rings. The molecule has 0 saturated carbocycles. The van der Waals surface area contributed by atoms with Crippen LogP contribution in [0.1, 0.15) is 17.3 Å². The van der Waals surface area contributed by atoms with E-state index in [0.29, 0.717) is 23.7 Å². The highest BCUT2D eigenvalue weighted by atomic mass is 16.5. The maximum Gasteiger partial charge on any atom is 0.254 e. The lowest BCUT2D eigenvalue weighted by Gasteiger charge is -2.20. The summed E-state index contributed by atoms with van der Waals surface area (Å²) < 4.78 is 9.68. The summed E-state index contributed by atoms with van der Waals surface area (Å²) >= 11 is 0. The zero-order chi connectivity index (χ0) is 15.9. The van der Waals surface area contributed by atoms with Crippen LogP contribution < -0.4 is 10.1 Å². The van der Waals surface area contributed by atoms with Gasteiger partial charge in [-0.1, -0.05) is 5.16 Å². The van der Waals surface area contributed by atoms with Gasteiger partial charge in [0.15, 0.2) is 5.82 Å². The van der Waals surface area contributed by atoms with Crippen LogP contribution in [-0.2, 0) is 4.79 Å². The number of rotatable bonds is 6. The van der Waals surface area contributed by atoms with Gasteiger partial charge in [-0.25, -0.2) is 0 Å². The lowest BCUT2D eigenvalue weighted by molar-refractivity contribution is -0.116. The van der Waals surface area contributed by atoms with Crippen molar-refractivity contribution in [2.75, 3.05) is 25.5 Å². The van der Waals surface area contributed by atoms with Gasteiger partial charge >= 0.3 is 0 Å². The highest BCUT2D eigenvalue weighted by molar-refractivity contribution is 5.99. The Hall–Kier alpha value is -2.83. The van der Waals surface area contributed by atoms with Crippen molar-refractivity contribution in [2.24, 2.45) is 0 Å². The number of nitrogens with one attached hydrogen (secondary N) is 1. The molecule has 0 fully saturated rings. The SMILES string of the molecule is CCN(CC(=O)Nc1ccon1)C(=O)c1ccc(OC)cc1. The van der Waals surface area contributed by atoms with Crippen molar-refractivity contribution < 1.29 is 18.8 Å². The van der Waals surface area contributed by atoms with E-state index in [1.165, 1.54) is 17.2 Å². The molecule has 7 nitrogen and oxygen atoms in total. The number of carbonyl (C=O) groups is 2. The summed E-state index contributed by atoms with van der Waals surface area (Å²) in [6.45, 7) is 2.16. The number of anilines is 1. The number of ether oxygens (including phenoxy) is 1. The third-order valence-corrected chi connectivity index (χ3v) is 3.05. The molecule has 0 atom stereocenters. The molecule has 2 amide bonds. The maximum absolute atomic E-state index is 12.4. The average Bonchev–Trinajstić information content (AvgIpc) is 3.05. The molecule has 7 heteroatoms. The minimum Gasteiger partial charge on any atom is -0.497 e. The number of hydrogen-bond donors (Lipinski definition) is 1. The smallest absolute Gasteiger partial charge is 0.254 e. The molecule has 1 aromatic heterocycles. The van der Waals surface area contributed by atoms with Crippen molar-refractivity contribution >= 4 is 17.6 Å². The second kappa shape index (κ2) is 7.26. The highest BCUT2D eigenvalue weighted by Crippen LogP contribution is 2.13. The molecule has 0 unspecified atom stereocenters. The summed E-state index contributed by atoms with van der Waals surface area (Å²) in [5.41, 5.74) is 0.497. The lowest BCUT2D eigenvalue weighted by Crippen LogP contribution is -2.37. The Balaban J connectivity index is 2.00. The first kappa shape index (κ1) is 15.6. The molecule has 0 radical (unpaired) electrons. The van der Waals surface area contributed by atoms with E-state index in [4.69, 9.17) is 4.74 Å². The number of aromatic nitrogens is 1. The van der Waals surface area contributed by atoms with Gasteiger partial charge in [-0.05, 0) is 31.2 Å². The van der Waals surface area contributed by atoms with Gasteiger partial charge in [0.05, 0.1) is 7.11 Å². The largest absolute Gasteiger partial charge is 0.497 e. The Bertz CT molecular complexity index is 623. The van der Waals surface area contributed by atoms with Gasteiger partial charge in [-0.3, -0.25) is 9.59 Å². The minimum absolute atomic E-state index is 0.0613. The summed E-state index contributed by atoms with van der Waals surface area (Å²) in [5.74, 6) is 0.430. The fourth-order valence-electron chi connectivity index (χ4n) is 1.88. The van der Waals surface area contributed by atoms with E-state index < -0.39 is 0 Å². The molecule has 0 aliphatic heterocycles. The predicted molar refractivity (Wildman–Crippen MR) is 79.7 cm³/mol. The Morgan fingerprint density at radius 3 is 2.55 bits per heavy atom. The number of likely N-dealkylation sites (N-methyl/N-ethyl adjacent to an activating group) is 1. The van der Waals surface area contributed by atoms with Crippen LogP contribution in [-0.4, -0.2) is 42.1 Å². The molecule has 0 saturated heterocycles. The molecule has 0 aliphatic carbocycles. The Kier molecular flexibility index (Phi) is 5.13. The normalized spacial score (nSPS) is 10.1. The van der Waals surface area contributed by atoms with E-state index in [9.17, 15) is 9.59 Å². The molecular weight excluding hydrogens is 286 g/mol. The van der Waals surface area contributed by atoms with Gasteiger partial charge in [-0.2, -0.15) is 0 Å². The van der Waals surface area contributed by atoms with Crippen molar-refractivity contribution in [3.63, 3.8) is 0 Å². The third-order valence-electron chi connectivity index (χ3n) is 3.05. The van der Waals surface area contributed by atoms with Crippen LogP contribution in [0.25, 0.3) is 0 Å². The monoisotopic (exact) mass is 303 g/mol. The zero-order valence-electron chi connectivity index (χ0n) is 12.4. The van der Waals surface area contributed by atoms with Gasteiger partial charge in [0.25, 0.3) is 5.91 Å². The number of amides is 2. The van der Waals surface area contributed by atoms with Crippen LogP contribution >= 0.6 is 0 Å². The second-order valence-electron chi connectivity index (χ2n) is 4.48. The van der Waals surface area contributed by atoms with Crippen LogP contribution in [0, 0.1) is 0 Å². The molecule has 0 aliphatic rings. The topological polar surface area (TPSA) is 84.7 Å². The fraction of sp³-hybridized carbons (Fsp3) is 0.267. The molecule has 1 heterocycles. The quantitative estimate of drug-likeness (QED) is 0.879. The van der Waals surface area contributed by atoms with E-state index in [0.717, 1.165) is 0 Å². The number of methoxy groups -OCH3 is 1. The van der Waals surface area contributed by atoms with Crippen LogP contribution in [0.2, 0.25) is 0 Å². The van der Waals surface area contributed by atoms with Crippen molar-refractivity contribution in [2.45, 2.75) is 6.92 Å². The minimum atomic E-state index is -0.336. The molecule has 0 spiro atoms. The van der Waals surface area contributed by atoms with E-state index in [1.54, 1.807) is 31.4 Å². The summed E-state index contributed by atoms with van der Waals surface area (Å²) in [5, 5.41) is 6.14. The Labute approximate surface area is 127 Å². The number of hydrogen-bond acceptors (Lipinski definition) is 5. The van der Waals surface area contributed by atoms with E-state index in [2.05, 4.69) is 15.0 Å². The van der Waals surface area contributed by atoms with Crippen LogP contribution in [0.3, 0.4) is 0 Å². The average molecular weight is 303 g/mol. The van der Waals surface area contributed by atoms with Crippen LogP contribution in [0.5, 0.6) is 5.75 Å². The van der Waals surface area contributed by atoms with Gasteiger partial charge in [0.1, 0.15) is 18.6 Å². The van der Waals surface area contributed by atoms with Gasteiger partial charge in [0.2, 0.25) is 5.91 Å². The number of benzene rings is 1. The van der Waals surface area contributed by atoms with Crippen molar-refractivity contribution in [3.8, 4) is 5.75 Å². The summed E-state index contributed by atoms with van der Waals surface area (Å²) in [7, 11) is 1.56. The second-order valence-corrected chi connectivity index (χ2v) is 4.48. The molecule has 2 rings (SSSR count). The van der Waals surface area contributed by atoms with Crippen LogP contribution in [0.4, 0.5) is 5.82 Å². The van der Waals surface area contributed by atoms with Gasteiger partial charge in [0, 0.05) is 18.2 Å². The van der Waals surface area contributed by atoms with Gasteiger partial charge < -0.3 is 19.5 Å². The molecule has 1 aromatic carbocycles. The van der Waals surface area contributed by atoms with Crippen molar-refractivity contribution in [1.29, 1.82) is 0 Å².